The summed E-state index contributed by atoms with van der Waals surface area (Å²) in [7, 11) is 0. The number of halogens is 6. The third-order valence-electron chi connectivity index (χ3n) is 22.4. The molecule has 2 atom stereocenters. The van der Waals surface area contributed by atoms with Crippen molar-refractivity contribution in [3.05, 3.63) is 97.7 Å². The van der Waals surface area contributed by atoms with Crippen molar-refractivity contribution in [2.24, 2.45) is 11.8 Å². The van der Waals surface area contributed by atoms with Crippen LogP contribution in [0.4, 0.5) is 26.3 Å². The van der Waals surface area contributed by atoms with Gasteiger partial charge in [0.15, 0.2) is 11.6 Å². The van der Waals surface area contributed by atoms with Crippen LogP contribution in [-0.2, 0) is 12.8 Å². The molecule has 0 saturated carbocycles. The lowest BCUT2D eigenvalue weighted by molar-refractivity contribution is 0.304. The Labute approximate surface area is 687 Å². The van der Waals surface area contributed by atoms with Crippen molar-refractivity contribution in [3.8, 4) is 76.8 Å². The Kier molecular flexibility index (Phi) is 37.1. The van der Waals surface area contributed by atoms with E-state index in [-0.39, 0.29) is 30.6 Å². The first-order valence-electron chi connectivity index (χ1n) is 42.6. The average Bonchev–Trinajstić information content (AvgIpc) is 1.56. The Hall–Kier alpha value is -4.34. The van der Waals surface area contributed by atoms with Crippen LogP contribution in [0.5, 0.6) is 5.75 Å². The van der Waals surface area contributed by atoms with Gasteiger partial charge in [0.1, 0.15) is 51.1 Å². The molecule has 0 bridgehead atoms. The highest BCUT2D eigenvalue weighted by Gasteiger charge is 2.33. The number of fused-ring (bicyclic) bond motifs is 2. The lowest BCUT2D eigenvalue weighted by Crippen LogP contribution is -2.06. The first-order chi connectivity index (χ1) is 53.7. The van der Waals surface area contributed by atoms with Gasteiger partial charge in [-0.1, -0.05) is 298 Å². The minimum Gasteiger partial charge on any atom is -0.493 e. The van der Waals surface area contributed by atoms with Gasteiger partial charge in [0.2, 0.25) is 0 Å². The molecule has 0 spiro atoms. The summed E-state index contributed by atoms with van der Waals surface area (Å²) in [5, 5.41) is 0. The molecule has 0 aliphatic rings. The van der Waals surface area contributed by atoms with Crippen LogP contribution in [0.2, 0.25) is 0 Å². The summed E-state index contributed by atoms with van der Waals surface area (Å²) in [4.78, 5) is 6.06. The molecule has 0 amide bonds. The van der Waals surface area contributed by atoms with Crippen molar-refractivity contribution < 1.29 is 31.1 Å². The standard InChI is InChI=1S/C91H122F6N4OS8/c1-9-14-19-24-29-32-33-36-41-46-51-102-86-61(7)76(73-57-68(93)89(106-73)88-67(92)52-60(6)103-88)82-85(101-109-98-82)79(86)74-58-69(94)90(107-74)91-70(95)59-75(108-91)87-66(54-64(49-43-38-28-23-18-13-5)50-45-40-35-31-26-21-16-11-3)56-72(105-87)78-81(97)80(96)77(83-84(78)100-110-99-83)71-55-65(62(8)104-71)53-63(47-42-37-27-22-17-12-4)48-44-39-34-30-25-20-15-10-2/h52,55-59,63-64H,9-51,53-54H2,1-8H3. The van der Waals surface area contributed by atoms with Crippen molar-refractivity contribution in [2.45, 2.75) is 338 Å². The maximum absolute atomic E-state index is 18.0. The van der Waals surface area contributed by atoms with Crippen molar-refractivity contribution in [2.75, 3.05) is 6.61 Å². The Morgan fingerprint density at radius 3 is 1.04 bits per heavy atom. The van der Waals surface area contributed by atoms with Gasteiger partial charge in [-0.3, -0.25) is 0 Å². The molecule has 10 aromatic rings. The largest absolute Gasteiger partial charge is 0.493 e. The molecule has 0 aliphatic carbocycles. The van der Waals surface area contributed by atoms with Crippen LogP contribution in [0.3, 0.4) is 0 Å². The number of benzene rings is 2. The molecule has 2 aromatic carbocycles. The second kappa shape index (κ2) is 46.4. The van der Waals surface area contributed by atoms with Crippen LogP contribution >= 0.6 is 91.5 Å². The summed E-state index contributed by atoms with van der Waals surface area (Å²) in [5.74, 6) is -2.84. The minimum atomic E-state index is -0.965. The maximum atomic E-state index is 18.0. The predicted molar refractivity (Wildman–Crippen MR) is 470 cm³/mol. The van der Waals surface area contributed by atoms with Crippen LogP contribution in [0.25, 0.3) is 93.1 Å². The molecule has 0 aliphatic heterocycles. The van der Waals surface area contributed by atoms with Crippen molar-refractivity contribution >= 4 is 114 Å². The minimum absolute atomic E-state index is 0.0681. The lowest BCUT2D eigenvalue weighted by Gasteiger charge is -2.17. The zero-order chi connectivity index (χ0) is 77.7. The molecule has 0 radical (unpaired) electrons. The van der Waals surface area contributed by atoms with Gasteiger partial charge in [-0.05, 0) is 99.4 Å². The second-order valence-corrected chi connectivity index (χ2v) is 39.1. The Balaban J connectivity index is 1.00. The third kappa shape index (κ3) is 24.2. The normalized spacial score (nSPS) is 12.6. The van der Waals surface area contributed by atoms with Crippen molar-refractivity contribution in [1.29, 1.82) is 0 Å². The van der Waals surface area contributed by atoms with Gasteiger partial charge in [-0.25, -0.2) is 26.3 Å². The number of hydrogen-bond donors (Lipinski definition) is 0. The lowest BCUT2D eigenvalue weighted by atomic mass is 9.88. The van der Waals surface area contributed by atoms with Crippen LogP contribution in [0.1, 0.15) is 331 Å². The van der Waals surface area contributed by atoms with E-state index < -0.39 is 34.9 Å². The van der Waals surface area contributed by atoms with E-state index in [9.17, 15) is 0 Å². The van der Waals surface area contributed by atoms with Gasteiger partial charge < -0.3 is 4.74 Å². The fourth-order valence-corrected chi connectivity index (χ4v) is 24.2. The van der Waals surface area contributed by atoms with Crippen LogP contribution in [0, 0.1) is 67.5 Å². The SMILES string of the molecule is CCCCCCCCCCCCOc1c(C)c(-c2cc(F)c(-c3sc(C)cc3F)s2)c2nsnc2c1-c1cc(F)c(-c2sc(-c3sc(-c4c(F)c(F)c(-c5cc(CC(CCCCCCCC)CCCCCCCCCC)c(C)s5)c5nsnc45)cc3CC(CCCCCCCC)CCCCCCCCCC)cc2F)s1. The zero-order valence-electron chi connectivity index (χ0n) is 67.2. The van der Waals surface area contributed by atoms with Gasteiger partial charge in [-0.2, -0.15) is 17.5 Å². The smallest absolute Gasteiger partial charge is 0.170 e. The van der Waals surface area contributed by atoms with Gasteiger partial charge >= 0.3 is 0 Å². The molecule has 2 unspecified atom stereocenters. The summed E-state index contributed by atoms with van der Waals surface area (Å²) in [5.41, 5.74) is 5.77. The van der Waals surface area contributed by atoms with Gasteiger partial charge in [0.25, 0.3) is 0 Å². The van der Waals surface area contributed by atoms with E-state index in [1.807, 2.05) is 13.0 Å². The average molecular weight is 1660 g/mol. The molecule has 0 saturated heterocycles. The Morgan fingerprint density at radius 2 is 0.618 bits per heavy atom. The van der Waals surface area contributed by atoms with Crippen molar-refractivity contribution in [1.82, 2.24) is 17.5 Å². The molecular weight excluding hydrogens is 1540 g/mol. The van der Waals surface area contributed by atoms with E-state index >= 15 is 26.3 Å². The molecule has 0 fully saturated rings. The molecule has 19 heteroatoms. The molecule has 0 N–H and O–H groups in total. The summed E-state index contributed by atoms with van der Waals surface area (Å²) in [6, 6.07) is 9.93. The summed E-state index contributed by atoms with van der Waals surface area (Å²) >= 11 is 9.49. The number of rotatable bonds is 55. The zero-order valence-corrected chi connectivity index (χ0v) is 73.7. The number of aromatic nitrogens is 4. The fraction of sp³-hybridized carbons (Fsp3) is 0.604. The summed E-state index contributed by atoms with van der Waals surface area (Å²) in [6.07, 6.45) is 52.0. The monoisotopic (exact) mass is 1660 g/mol. The quantitative estimate of drug-likeness (QED) is 0.0281. The van der Waals surface area contributed by atoms with E-state index in [4.69, 9.17) is 22.2 Å². The van der Waals surface area contributed by atoms with Crippen LogP contribution < -0.4 is 4.74 Å². The first kappa shape index (κ1) is 88.0. The number of thiophene rings is 6. The Morgan fingerprint density at radius 1 is 0.309 bits per heavy atom. The van der Waals surface area contributed by atoms with E-state index in [1.165, 1.54) is 281 Å². The van der Waals surface area contributed by atoms with E-state index in [0.29, 0.717) is 93.8 Å². The number of unbranched alkanes of at least 4 members (excludes halogenated alkanes) is 33. The highest BCUT2D eigenvalue weighted by Crippen LogP contribution is 2.55. The molecule has 602 valence electrons. The number of nitrogens with zero attached hydrogens (tertiary/aromatic N) is 4. The molecule has 8 heterocycles. The highest BCUT2D eigenvalue weighted by atomic mass is 32.1. The molecular formula is C91H122F6N4OS8. The molecule has 10 rings (SSSR count). The summed E-state index contributed by atoms with van der Waals surface area (Å²) < 4.78 is 128. The van der Waals surface area contributed by atoms with Gasteiger partial charge in [0.05, 0.1) is 66.3 Å². The molecule has 8 aromatic heterocycles. The summed E-state index contributed by atoms with van der Waals surface area (Å²) in [6.45, 7) is 17.5. The van der Waals surface area contributed by atoms with Gasteiger partial charge in [0, 0.05) is 50.1 Å². The number of aryl methyl sites for hydroxylation is 2. The highest BCUT2D eigenvalue weighted by molar-refractivity contribution is 7.28. The first-order valence-corrected chi connectivity index (χ1v) is 49.0. The topological polar surface area (TPSA) is 60.8 Å². The van der Waals surface area contributed by atoms with Crippen LogP contribution in [0.15, 0.2) is 36.4 Å². The maximum Gasteiger partial charge on any atom is 0.170 e. The third-order valence-corrected chi connectivity index (χ3v) is 30.7. The number of ether oxygens (including phenoxy) is 1. The Bertz CT molecular complexity index is 4390. The molecule has 110 heavy (non-hydrogen) atoms. The second-order valence-electron chi connectivity index (χ2n) is 31.4. The van der Waals surface area contributed by atoms with E-state index in [2.05, 4.69) is 47.6 Å². The molecule has 5 nitrogen and oxygen atoms in total. The predicted octanol–water partition coefficient (Wildman–Crippen LogP) is 34.7. The van der Waals surface area contributed by atoms with Gasteiger partial charge in [-0.15, -0.1) is 68.0 Å². The van der Waals surface area contributed by atoms with Crippen molar-refractivity contribution in [3.63, 3.8) is 0 Å². The fourth-order valence-electron chi connectivity index (χ4n) is 16.2. The van der Waals surface area contributed by atoms with E-state index in [0.717, 1.165) is 137 Å². The number of hydrogen-bond acceptors (Lipinski definition) is 13. The van der Waals surface area contributed by atoms with E-state index in [1.54, 1.807) is 6.92 Å². The van der Waals surface area contributed by atoms with Crippen LogP contribution in [-0.4, -0.2) is 24.1 Å².